The molecule has 2 aromatic rings. The fraction of sp³-hybridized carbons (Fsp3) is 0.133. The Balaban J connectivity index is 2.17. The smallest absolute Gasteiger partial charge is 0.185 e. The molecule has 0 aliphatic rings. The first-order valence-corrected chi connectivity index (χ1v) is 6.38. The molecule has 86 valence electrons. The van der Waals surface area contributed by atoms with Gasteiger partial charge in [-0.1, -0.05) is 23.8 Å². The van der Waals surface area contributed by atoms with Gasteiger partial charge in [0.15, 0.2) is 5.78 Å². The van der Waals surface area contributed by atoms with E-state index in [1.165, 1.54) is 5.56 Å². The normalized spacial score (nSPS) is 10.9. The summed E-state index contributed by atoms with van der Waals surface area (Å²) in [6.07, 6.45) is 3.54. The van der Waals surface area contributed by atoms with Crippen molar-refractivity contribution >= 4 is 23.2 Å². The molecule has 0 aliphatic carbocycles. The number of aryl methyl sites for hydroxylation is 2. The lowest BCUT2D eigenvalue weighted by atomic mass is 10.1. The molecule has 2 rings (SSSR count). The standard InChI is InChI=1S/C15H14OS/c1-11-4-3-5-13(10-11)14(16)6-7-15-12(2)8-9-17-15/h3-10H,1-2H3/b7-6+. The summed E-state index contributed by atoms with van der Waals surface area (Å²) in [6, 6.07) is 9.72. The van der Waals surface area contributed by atoms with Crippen molar-refractivity contribution in [1.82, 2.24) is 0 Å². The Morgan fingerprint density at radius 2 is 2.06 bits per heavy atom. The van der Waals surface area contributed by atoms with Crippen LogP contribution in [0.15, 0.2) is 41.8 Å². The third kappa shape index (κ3) is 2.92. The molecule has 0 unspecified atom stereocenters. The number of benzene rings is 1. The summed E-state index contributed by atoms with van der Waals surface area (Å²) in [6.45, 7) is 4.04. The molecule has 0 saturated heterocycles. The van der Waals surface area contributed by atoms with Gasteiger partial charge in [0.2, 0.25) is 0 Å². The van der Waals surface area contributed by atoms with E-state index in [1.807, 2.05) is 49.6 Å². The number of ketones is 1. The van der Waals surface area contributed by atoms with E-state index in [-0.39, 0.29) is 5.78 Å². The fourth-order valence-electron chi connectivity index (χ4n) is 1.60. The molecule has 0 radical (unpaired) electrons. The van der Waals surface area contributed by atoms with E-state index in [2.05, 4.69) is 6.07 Å². The molecule has 0 bridgehead atoms. The molecular formula is C15H14OS. The zero-order valence-electron chi connectivity index (χ0n) is 9.94. The van der Waals surface area contributed by atoms with Gasteiger partial charge in [0, 0.05) is 10.4 Å². The number of carbonyl (C=O) groups is 1. The molecule has 0 saturated carbocycles. The molecule has 1 aromatic carbocycles. The maximum atomic E-state index is 11.9. The van der Waals surface area contributed by atoms with Crippen LogP contribution in [0.3, 0.4) is 0 Å². The zero-order valence-corrected chi connectivity index (χ0v) is 10.8. The van der Waals surface area contributed by atoms with E-state index in [0.717, 1.165) is 16.0 Å². The van der Waals surface area contributed by atoms with E-state index in [4.69, 9.17) is 0 Å². The zero-order chi connectivity index (χ0) is 12.3. The molecule has 0 spiro atoms. The van der Waals surface area contributed by atoms with Crippen LogP contribution in [0.1, 0.15) is 26.4 Å². The minimum atomic E-state index is 0.0569. The van der Waals surface area contributed by atoms with Crippen LogP contribution in [0.25, 0.3) is 6.08 Å². The van der Waals surface area contributed by atoms with E-state index in [1.54, 1.807) is 17.4 Å². The molecular weight excluding hydrogens is 228 g/mol. The lowest BCUT2D eigenvalue weighted by Crippen LogP contribution is -1.93. The van der Waals surface area contributed by atoms with Crippen molar-refractivity contribution in [3.05, 3.63) is 63.4 Å². The molecule has 2 heteroatoms. The third-order valence-corrected chi connectivity index (χ3v) is 3.57. The molecule has 0 atom stereocenters. The highest BCUT2D eigenvalue weighted by atomic mass is 32.1. The highest BCUT2D eigenvalue weighted by Gasteiger charge is 2.02. The predicted molar refractivity (Wildman–Crippen MR) is 73.6 cm³/mol. The van der Waals surface area contributed by atoms with Crippen molar-refractivity contribution in [2.75, 3.05) is 0 Å². The van der Waals surface area contributed by atoms with E-state index >= 15 is 0 Å². The average Bonchev–Trinajstić information content (AvgIpc) is 2.72. The van der Waals surface area contributed by atoms with Gasteiger partial charge < -0.3 is 0 Å². The van der Waals surface area contributed by atoms with Gasteiger partial charge in [-0.25, -0.2) is 0 Å². The second kappa shape index (κ2) is 5.11. The summed E-state index contributed by atoms with van der Waals surface area (Å²) in [5, 5.41) is 2.03. The minimum absolute atomic E-state index is 0.0569. The van der Waals surface area contributed by atoms with Crippen molar-refractivity contribution in [3.8, 4) is 0 Å². The summed E-state index contributed by atoms with van der Waals surface area (Å²) >= 11 is 1.65. The van der Waals surface area contributed by atoms with Crippen LogP contribution < -0.4 is 0 Å². The summed E-state index contributed by atoms with van der Waals surface area (Å²) in [4.78, 5) is 13.1. The number of hydrogen-bond donors (Lipinski definition) is 0. The fourth-order valence-corrected chi connectivity index (χ4v) is 2.42. The van der Waals surface area contributed by atoms with Crippen molar-refractivity contribution in [2.24, 2.45) is 0 Å². The largest absolute Gasteiger partial charge is 0.289 e. The first-order valence-electron chi connectivity index (χ1n) is 5.50. The summed E-state index contributed by atoms with van der Waals surface area (Å²) < 4.78 is 0. The van der Waals surface area contributed by atoms with Crippen molar-refractivity contribution in [2.45, 2.75) is 13.8 Å². The van der Waals surface area contributed by atoms with Crippen LogP contribution in [0.4, 0.5) is 0 Å². The summed E-state index contributed by atoms with van der Waals surface area (Å²) in [7, 11) is 0. The van der Waals surface area contributed by atoms with Gasteiger partial charge in [-0.15, -0.1) is 11.3 Å². The number of carbonyl (C=O) groups excluding carboxylic acids is 1. The minimum Gasteiger partial charge on any atom is -0.289 e. The Bertz CT molecular complexity index is 564. The molecule has 0 fully saturated rings. The highest BCUT2D eigenvalue weighted by Crippen LogP contribution is 2.17. The molecule has 17 heavy (non-hydrogen) atoms. The van der Waals surface area contributed by atoms with Gasteiger partial charge in [0.25, 0.3) is 0 Å². The van der Waals surface area contributed by atoms with Gasteiger partial charge in [0.05, 0.1) is 0 Å². The average molecular weight is 242 g/mol. The second-order valence-corrected chi connectivity index (χ2v) is 4.98. The summed E-state index contributed by atoms with van der Waals surface area (Å²) in [5.74, 6) is 0.0569. The lowest BCUT2D eigenvalue weighted by molar-refractivity contribution is 0.104. The van der Waals surface area contributed by atoms with Gasteiger partial charge in [-0.2, -0.15) is 0 Å². The molecule has 1 nitrogen and oxygen atoms in total. The number of hydrogen-bond acceptors (Lipinski definition) is 2. The molecule has 1 heterocycles. The van der Waals surface area contributed by atoms with Gasteiger partial charge >= 0.3 is 0 Å². The lowest BCUT2D eigenvalue weighted by Gasteiger charge is -1.97. The molecule has 0 amide bonds. The van der Waals surface area contributed by atoms with Crippen molar-refractivity contribution < 1.29 is 4.79 Å². The maximum Gasteiger partial charge on any atom is 0.185 e. The maximum absolute atomic E-state index is 11.9. The Labute approximate surface area is 105 Å². The molecule has 0 aliphatic heterocycles. The van der Waals surface area contributed by atoms with Crippen LogP contribution in [0.2, 0.25) is 0 Å². The van der Waals surface area contributed by atoms with Gasteiger partial charge in [0.1, 0.15) is 0 Å². The SMILES string of the molecule is Cc1cccc(C(=O)/C=C/c2sccc2C)c1. The van der Waals surface area contributed by atoms with E-state index in [0.29, 0.717) is 0 Å². The number of allylic oxidation sites excluding steroid dienone is 1. The number of rotatable bonds is 3. The first-order chi connectivity index (χ1) is 8.16. The van der Waals surface area contributed by atoms with Gasteiger partial charge in [-0.05, 0) is 49.1 Å². The predicted octanol–water partition coefficient (Wildman–Crippen LogP) is 4.26. The van der Waals surface area contributed by atoms with Gasteiger partial charge in [-0.3, -0.25) is 4.79 Å². The van der Waals surface area contributed by atoms with Crippen LogP contribution in [-0.2, 0) is 0 Å². The Kier molecular flexibility index (Phi) is 3.55. The summed E-state index contributed by atoms with van der Waals surface area (Å²) in [5.41, 5.74) is 3.07. The molecule has 0 N–H and O–H groups in total. The Hall–Kier alpha value is -1.67. The van der Waals surface area contributed by atoms with E-state index in [9.17, 15) is 4.79 Å². The first kappa shape index (κ1) is 11.8. The van der Waals surface area contributed by atoms with Crippen LogP contribution in [0, 0.1) is 13.8 Å². The van der Waals surface area contributed by atoms with Crippen LogP contribution in [-0.4, -0.2) is 5.78 Å². The van der Waals surface area contributed by atoms with Crippen molar-refractivity contribution in [1.29, 1.82) is 0 Å². The highest BCUT2D eigenvalue weighted by molar-refractivity contribution is 7.11. The quantitative estimate of drug-likeness (QED) is 0.580. The topological polar surface area (TPSA) is 17.1 Å². The third-order valence-electron chi connectivity index (χ3n) is 2.59. The van der Waals surface area contributed by atoms with Crippen molar-refractivity contribution in [3.63, 3.8) is 0 Å². The second-order valence-electron chi connectivity index (χ2n) is 4.03. The number of thiophene rings is 1. The van der Waals surface area contributed by atoms with Crippen LogP contribution >= 0.6 is 11.3 Å². The Morgan fingerprint density at radius 3 is 2.71 bits per heavy atom. The Morgan fingerprint density at radius 1 is 1.24 bits per heavy atom. The molecule has 1 aromatic heterocycles. The van der Waals surface area contributed by atoms with Crippen LogP contribution in [0.5, 0.6) is 0 Å². The monoisotopic (exact) mass is 242 g/mol. The van der Waals surface area contributed by atoms with E-state index < -0.39 is 0 Å².